The van der Waals surface area contributed by atoms with Crippen LogP contribution in [0.2, 0.25) is 0 Å². The molecular weight excluding hydrogens is 316 g/mol. The van der Waals surface area contributed by atoms with Gasteiger partial charge in [0, 0.05) is 5.38 Å². The number of aromatic carboxylic acids is 1. The summed E-state index contributed by atoms with van der Waals surface area (Å²) >= 11 is 1.20. The molecule has 3 rings (SSSR count). The van der Waals surface area contributed by atoms with Gasteiger partial charge in [0.15, 0.2) is 5.69 Å². The molecule has 0 unspecified atom stereocenters. The van der Waals surface area contributed by atoms with Crippen molar-refractivity contribution in [3.63, 3.8) is 0 Å². The first kappa shape index (κ1) is 15.5. The van der Waals surface area contributed by atoms with Gasteiger partial charge in [-0.05, 0) is 30.9 Å². The Morgan fingerprint density at radius 2 is 2.13 bits per heavy atom. The highest BCUT2D eigenvalue weighted by atomic mass is 32.1. The molecule has 0 bridgehead atoms. The van der Waals surface area contributed by atoms with E-state index >= 15 is 0 Å². The van der Waals surface area contributed by atoms with Crippen LogP contribution in [0.3, 0.4) is 0 Å². The molecule has 0 saturated heterocycles. The zero-order valence-corrected chi connectivity index (χ0v) is 13.1. The third-order valence-electron chi connectivity index (χ3n) is 3.47. The van der Waals surface area contributed by atoms with Gasteiger partial charge >= 0.3 is 5.97 Å². The van der Waals surface area contributed by atoms with Crippen molar-refractivity contribution in [3.8, 4) is 5.75 Å². The largest absolute Gasteiger partial charge is 0.492 e. The van der Waals surface area contributed by atoms with Gasteiger partial charge in [-0.15, -0.1) is 11.3 Å². The fraction of sp³-hybridized carbons (Fsp3) is 0.312. The summed E-state index contributed by atoms with van der Waals surface area (Å²) in [4.78, 5) is 27.0. The van der Waals surface area contributed by atoms with Crippen LogP contribution in [0.5, 0.6) is 5.75 Å². The van der Waals surface area contributed by atoms with Gasteiger partial charge in [-0.25, -0.2) is 9.78 Å². The molecule has 7 heteroatoms. The highest BCUT2D eigenvalue weighted by Gasteiger charge is 2.23. The van der Waals surface area contributed by atoms with E-state index in [1.165, 1.54) is 29.6 Å². The Morgan fingerprint density at radius 1 is 1.35 bits per heavy atom. The Labute approximate surface area is 137 Å². The van der Waals surface area contributed by atoms with Crippen molar-refractivity contribution in [3.05, 3.63) is 45.9 Å². The normalized spacial score (nSPS) is 13.6. The second-order valence-electron chi connectivity index (χ2n) is 5.36. The molecule has 6 nitrogen and oxygen atoms in total. The number of carbonyl (C=O) groups excluding carboxylic acids is 1. The number of ether oxygens (including phenoxy) is 1. The Bertz CT molecular complexity index is 724. The van der Waals surface area contributed by atoms with E-state index in [9.17, 15) is 9.59 Å². The Kier molecular flexibility index (Phi) is 4.57. The molecule has 0 atom stereocenters. The molecule has 2 N–H and O–H groups in total. The first-order chi connectivity index (χ1) is 11.1. The van der Waals surface area contributed by atoms with E-state index in [0.29, 0.717) is 28.8 Å². The number of hydrogen-bond acceptors (Lipinski definition) is 5. The van der Waals surface area contributed by atoms with Gasteiger partial charge in [-0.1, -0.05) is 12.1 Å². The SMILES string of the molecule is O=C(O)c1csc(CNC(=O)c2ccccc2OCC2CC2)n1. The molecule has 1 aliphatic rings. The van der Waals surface area contributed by atoms with Crippen molar-refractivity contribution in [2.45, 2.75) is 19.4 Å². The molecule has 1 heterocycles. The van der Waals surface area contributed by atoms with Crippen molar-refractivity contribution in [1.82, 2.24) is 10.3 Å². The van der Waals surface area contributed by atoms with Crippen molar-refractivity contribution >= 4 is 23.2 Å². The van der Waals surface area contributed by atoms with Crippen LogP contribution in [0.4, 0.5) is 0 Å². The predicted molar refractivity (Wildman–Crippen MR) is 84.9 cm³/mol. The summed E-state index contributed by atoms with van der Waals surface area (Å²) in [5.41, 5.74) is 0.468. The Morgan fingerprint density at radius 3 is 2.83 bits per heavy atom. The number of carbonyl (C=O) groups is 2. The molecule has 1 aromatic carbocycles. The molecule has 0 spiro atoms. The molecule has 2 aromatic rings. The lowest BCUT2D eigenvalue weighted by atomic mass is 10.2. The van der Waals surface area contributed by atoms with Crippen molar-refractivity contribution in [2.24, 2.45) is 5.92 Å². The molecule has 120 valence electrons. The summed E-state index contributed by atoms with van der Waals surface area (Å²) in [6, 6.07) is 7.11. The lowest BCUT2D eigenvalue weighted by Crippen LogP contribution is -2.23. The quantitative estimate of drug-likeness (QED) is 0.813. The van der Waals surface area contributed by atoms with Gasteiger partial charge in [-0.3, -0.25) is 4.79 Å². The topological polar surface area (TPSA) is 88.5 Å². The van der Waals surface area contributed by atoms with E-state index in [1.807, 2.05) is 6.07 Å². The monoisotopic (exact) mass is 332 g/mol. The predicted octanol–water partition coefficient (Wildman–Crippen LogP) is 2.56. The maximum atomic E-state index is 12.3. The van der Waals surface area contributed by atoms with Gasteiger partial charge < -0.3 is 15.2 Å². The first-order valence-electron chi connectivity index (χ1n) is 7.31. The van der Waals surface area contributed by atoms with Crippen LogP contribution in [0.15, 0.2) is 29.6 Å². The summed E-state index contributed by atoms with van der Waals surface area (Å²) in [5, 5.41) is 13.6. The highest BCUT2D eigenvalue weighted by Crippen LogP contribution is 2.30. The number of nitrogens with one attached hydrogen (secondary N) is 1. The summed E-state index contributed by atoms with van der Waals surface area (Å²) < 4.78 is 5.72. The molecule has 1 amide bonds. The maximum absolute atomic E-state index is 12.3. The summed E-state index contributed by atoms with van der Waals surface area (Å²) in [6.07, 6.45) is 2.37. The third-order valence-corrected chi connectivity index (χ3v) is 4.32. The third kappa shape index (κ3) is 4.07. The van der Waals surface area contributed by atoms with Crippen LogP contribution in [0.25, 0.3) is 0 Å². The minimum atomic E-state index is -1.07. The average molecular weight is 332 g/mol. The average Bonchev–Trinajstić information content (AvgIpc) is 3.26. The van der Waals surface area contributed by atoms with Crippen LogP contribution >= 0.6 is 11.3 Å². The summed E-state index contributed by atoms with van der Waals surface area (Å²) in [5.74, 6) is -0.153. The minimum Gasteiger partial charge on any atom is -0.492 e. The summed E-state index contributed by atoms with van der Waals surface area (Å²) in [6.45, 7) is 0.826. The van der Waals surface area contributed by atoms with Crippen LogP contribution < -0.4 is 10.1 Å². The van der Waals surface area contributed by atoms with E-state index in [4.69, 9.17) is 9.84 Å². The fourth-order valence-electron chi connectivity index (χ4n) is 2.01. The van der Waals surface area contributed by atoms with Gasteiger partial charge in [0.25, 0.3) is 5.91 Å². The van der Waals surface area contributed by atoms with E-state index in [-0.39, 0.29) is 18.1 Å². The molecule has 0 radical (unpaired) electrons. The van der Waals surface area contributed by atoms with Crippen LogP contribution in [-0.4, -0.2) is 28.6 Å². The Hall–Kier alpha value is -2.41. The number of carboxylic acid groups (broad SMARTS) is 1. The number of benzene rings is 1. The Balaban J connectivity index is 1.61. The van der Waals surface area contributed by atoms with Gasteiger partial charge in [0.05, 0.1) is 18.7 Å². The van der Waals surface area contributed by atoms with Crippen molar-refractivity contribution in [1.29, 1.82) is 0 Å². The van der Waals surface area contributed by atoms with E-state index in [1.54, 1.807) is 18.2 Å². The van der Waals surface area contributed by atoms with E-state index in [2.05, 4.69) is 10.3 Å². The second kappa shape index (κ2) is 6.78. The molecule has 0 aliphatic heterocycles. The number of thiazole rings is 1. The summed E-state index contributed by atoms with van der Waals surface area (Å²) in [7, 11) is 0. The highest BCUT2D eigenvalue weighted by molar-refractivity contribution is 7.09. The maximum Gasteiger partial charge on any atom is 0.355 e. The lowest BCUT2D eigenvalue weighted by Gasteiger charge is -2.10. The smallest absolute Gasteiger partial charge is 0.355 e. The number of aromatic nitrogens is 1. The van der Waals surface area contributed by atoms with Gasteiger partial charge in [0.1, 0.15) is 10.8 Å². The van der Waals surface area contributed by atoms with Crippen molar-refractivity contribution in [2.75, 3.05) is 6.61 Å². The molecule has 1 aliphatic carbocycles. The first-order valence-corrected chi connectivity index (χ1v) is 8.19. The van der Waals surface area contributed by atoms with Crippen LogP contribution in [0.1, 0.15) is 38.7 Å². The van der Waals surface area contributed by atoms with Crippen molar-refractivity contribution < 1.29 is 19.4 Å². The number of hydrogen-bond donors (Lipinski definition) is 2. The number of nitrogens with zero attached hydrogens (tertiary/aromatic N) is 1. The molecule has 1 aromatic heterocycles. The second-order valence-corrected chi connectivity index (χ2v) is 6.31. The number of para-hydroxylation sites is 1. The fourth-order valence-corrected chi connectivity index (χ4v) is 2.72. The molecular formula is C16H16N2O4S. The number of amides is 1. The van der Waals surface area contributed by atoms with Gasteiger partial charge in [-0.2, -0.15) is 0 Å². The number of carboxylic acids is 1. The standard InChI is InChI=1S/C16H16N2O4S/c19-15(17-7-14-18-12(9-23-14)16(20)21)11-3-1-2-4-13(11)22-8-10-5-6-10/h1-4,9-10H,5-8H2,(H,17,19)(H,20,21). The zero-order chi connectivity index (χ0) is 16.2. The number of rotatable bonds is 7. The zero-order valence-electron chi connectivity index (χ0n) is 12.3. The van der Waals surface area contributed by atoms with Crippen LogP contribution in [0, 0.1) is 5.92 Å². The minimum absolute atomic E-state index is 0.00702. The van der Waals surface area contributed by atoms with Crippen LogP contribution in [-0.2, 0) is 6.54 Å². The molecule has 1 fully saturated rings. The lowest BCUT2D eigenvalue weighted by molar-refractivity contribution is 0.0691. The van der Waals surface area contributed by atoms with E-state index in [0.717, 1.165) is 0 Å². The van der Waals surface area contributed by atoms with Gasteiger partial charge in [0.2, 0.25) is 0 Å². The van der Waals surface area contributed by atoms with E-state index < -0.39 is 5.97 Å². The molecule has 1 saturated carbocycles. The molecule has 23 heavy (non-hydrogen) atoms.